The van der Waals surface area contributed by atoms with Gasteiger partial charge in [-0.1, -0.05) is 0 Å². The second-order valence-corrected chi connectivity index (χ2v) is 9.24. The fourth-order valence-electron chi connectivity index (χ4n) is 2.75. The molecule has 0 aliphatic carbocycles. The first-order valence-corrected chi connectivity index (χ1v) is 10.7. The van der Waals surface area contributed by atoms with Crippen molar-refractivity contribution in [3.63, 3.8) is 0 Å². The SMILES string of the molecule is COc1ccc(S(=O)(=O)N(C)C)cc1CCC(=O)Nc1ccc(C(=O)N(C)C)cc1. The number of nitrogens with zero attached hydrogens (tertiary/aromatic N) is 2. The fraction of sp³-hybridized carbons (Fsp3) is 0.333. The molecule has 0 unspecified atom stereocenters. The van der Waals surface area contributed by atoms with Crippen LogP contribution in [0.25, 0.3) is 0 Å². The number of methoxy groups -OCH3 is 1. The number of sulfonamides is 1. The van der Waals surface area contributed by atoms with E-state index in [-0.39, 0.29) is 23.1 Å². The lowest BCUT2D eigenvalue weighted by molar-refractivity contribution is -0.116. The van der Waals surface area contributed by atoms with E-state index < -0.39 is 10.0 Å². The van der Waals surface area contributed by atoms with Gasteiger partial charge in [-0.15, -0.1) is 0 Å². The Hall–Kier alpha value is -2.91. The molecule has 30 heavy (non-hydrogen) atoms. The van der Waals surface area contributed by atoms with E-state index in [0.717, 1.165) is 4.31 Å². The van der Waals surface area contributed by atoms with Crippen LogP contribution in [0.15, 0.2) is 47.4 Å². The molecule has 8 nitrogen and oxygen atoms in total. The second kappa shape index (κ2) is 9.73. The average Bonchev–Trinajstić information content (AvgIpc) is 2.71. The van der Waals surface area contributed by atoms with Gasteiger partial charge < -0.3 is 15.0 Å². The van der Waals surface area contributed by atoms with Gasteiger partial charge >= 0.3 is 0 Å². The largest absolute Gasteiger partial charge is 0.496 e. The molecular weight excluding hydrogens is 406 g/mol. The number of hydrogen-bond acceptors (Lipinski definition) is 5. The van der Waals surface area contributed by atoms with Gasteiger partial charge in [-0.25, -0.2) is 12.7 Å². The highest BCUT2D eigenvalue weighted by Crippen LogP contribution is 2.25. The van der Waals surface area contributed by atoms with Crippen LogP contribution >= 0.6 is 0 Å². The molecule has 0 saturated carbocycles. The molecule has 9 heteroatoms. The number of benzene rings is 2. The predicted molar refractivity (Wildman–Crippen MR) is 115 cm³/mol. The smallest absolute Gasteiger partial charge is 0.253 e. The summed E-state index contributed by atoms with van der Waals surface area (Å²) < 4.78 is 31.2. The molecule has 0 aliphatic rings. The summed E-state index contributed by atoms with van der Waals surface area (Å²) in [7, 11) is 4.18. The topological polar surface area (TPSA) is 96.0 Å². The molecule has 1 N–H and O–H groups in total. The Morgan fingerprint density at radius 3 is 2.17 bits per heavy atom. The number of hydrogen-bond donors (Lipinski definition) is 1. The first kappa shape index (κ1) is 23.4. The Kier molecular flexibility index (Phi) is 7.58. The van der Waals surface area contributed by atoms with Crippen LogP contribution in [0.2, 0.25) is 0 Å². The lowest BCUT2D eigenvalue weighted by Crippen LogP contribution is -2.22. The maximum atomic E-state index is 12.4. The third kappa shape index (κ3) is 5.58. The normalized spacial score (nSPS) is 11.3. The van der Waals surface area contributed by atoms with E-state index in [1.807, 2.05) is 0 Å². The number of carbonyl (C=O) groups is 2. The Morgan fingerprint density at radius 1 is 1.00 bits per heavy atom. The van der Waals surface area contributed by atoms with Crippen LogP contribution in [0, 0.1) is 0 Å². The molecule has 2 aromatic rings. The number of amides is 2. The number of aryl methyl sites for hydroxylation is 1. The van der Waals surface area contributed by atoms with Crippen molar-refractivity contribution in [1.29, 1.82) is 0 Å². The van der Waals surface area contributed by atoms with Gasteiger partial charge in [0.15, 0.2) is 0 Å². The number of ether oxygens (including phenoxy) is 1. The van der Waals surface area contributed by atoms with Gasteiger partial charge in [-0.3, -0.25) is 9.59 Å². The molecule has 0 radical (unpaired) electrons. The van der Waals surface area contributed by atoms with E-state index >= 15 is 0 Å². The van der Waals surface area contributed by atoms with Gasteiger partial charge in [0.2, 0.25) is 15.9 Å². The summed E-state index contributed by atoms with van der Waals surface area (Å²) in [5.74, 6) is 0.171. The maximum absolute atomic E-state index is 12.4. The monoisotopic (exact) mass is 433 g/mol. The van der Waals surface area contributed by atoms with Crippen LogP contribution in [0.3, 0.4) is 0 Å². The highest BCUT2D eigenvalue weighted by atomic mass is 32.2. The predicted octanol–water partition coefficient (Wildman–Crippen LogP) is 2.22. The minimum absolute atomic E-state index is 0.118. The van der Waals surface area contributed by atoms with Crippen molar-refractivity contribution < 1.29 is 22.7 Å². The molecule has 2 aromatic carbocycles. The van der Waals surface area contributed by atoms with E-state index in [0.29, 0.717) is 29.0 Å². The van der Waals surface area contributed by atoms with Gasteiger partial charge in [0.25, 0.3) is 5.91 Å². The molecule has 0 spiro atoms. The average molecular weight is 434 g/mol. The van der Waals surface area contributed by atoms with Crippen molar-refractivity contribution in [3.05, 3.63) is 53.6 Å². The minimum atomic E-state index is -3.58. The van der Waals surface area contributed by atoms with Crippen LogP contribution in [0.5, 0.6) is 5.75 Å². The molecule has 2 amide bonds. The zero-order chi connectivity index (χ0) is 22.5. The van der Waals surface area contributed by atoms with E-state index in [2.05, 4.69) is 5.32 Å². The van der Waals surface area contributed by atoms with E-state index in [4.69, 9.17) is 4.74 Å². The van der Waals surface area contributed by atoms with Gasteiger partial charge in [-0.05, 0) is 54.4 Å². The van der Waals surface area contributed by atoms with E-state index in [1.165, 1.54) is 38.2 Å². The zero-order valence-electron chi connectivity index (χ0n) is 17.8. The van der Waals surface area contributed by atoms with Gasteiger partial charge in [0.05, 0.1) is 12.0 Å². The van der Waals surface area contributed by atoms with Crippen molar-refractivity contribution in [3.8, 4) is 5.75 Å². The van der Waals surface area contributed by atoms with Gasteiger partial charge in [-0.2, -0.15) is 0 Å². The first-order valence-electron chi connectivity index (χ1n) is 9.27. The number of rotatable bonds is 8. The van der Waals surface area contributed by atoms with Gasteiger partial charge in [0.1, 0.15) is 5.75 Å². The third-order valence-corrected chi connectivity index (χ3v) is 6.28. The summed E-state index contributed by atoms with van der Waals surface area (Å²) >= 11 is 0. The Bertz CT molecular complexity index is 1020. The van der Waals surface area contributed by atoms with Crippen LogP contribution in [0.4, 0.5) is 5.69 Å². The minimum Gasteiger partial charge on any atom is -0.496 e. The summed E-state index contributed by atoms with van der Waals surface area (Å²) in [6.45, 7) is 0. The van der Waals surface area contributed by atoms with Crippen molar-refractivity contribution in [2.45, 2.75) is 17.7 Å². The summed E-state index contributed by atoms with van der Waals surface area (Å²) in [5.41, 5.74) is 1.73. The summed E-state index contributed by atoms with van der Waals surface area (Å²) in [4.78, 5) is 25.9. The van der Waals surface area contributed by atoms with Crippen LogP contribution in [0.1, 0.15) is 22.3 Å². The van der Waals surface area contributed by atoms with Gasteiger partial charge in [0, 0.05) is 45.9 Å². The van der Waals surface area contributed by atoms with E-state index in [1.54, 1.807) is 44.4 Å². The Morgan fingerprint density at radius 2 is 1.63 bits per heavy atom. The second-order valence-electron chi connectivity index (χ2n) is 7.09. The molecular formula is C21H27N3O5S. The quantitative estimate of drug-likeness (QED) is 0.689. The third-order valence-electron chi connectivity index (χ3n) is 4.47. The maximum Gasteiger partial charge on any atom is 0.253 e. The molecule has 0 bridgehead atoms. The van der Waals surface area contributed by atoms with Crippen LogP contribution in [-0.4, -0.2) is 64.7 Å². The van der Waals surface area contributed by atoms with Crippen molar-refractivity contribution in [2.24, 2.45) is 0 Å². The lowest BCUT2D eigenvalue weighted by atomic mass is 10.1. The van der Waals surface area contributed by atoms with Crippen molar-refractivity contribution in [1.82, 2.24) is 9.21 Å². The Labute approximate surface area is 177 Å². The highest BCUT2D eigenvalue weighted by molar-refractivity contribution is 7.89. The fourth-order valence-corrected chi connectivity index (χ4v) is 3.70. The van der Waals surface area contributed by atoms with E-state index in [9.17, 15) is 18.0 Å². The highest BCUT2D eigenvalue weighted by Gasteiger charge is 2.19. The molecule has 0 aliphatic heterocycles. The molecule has 0 heterocycles. The first-order chi connectivity index (χ1) is 14.1. The Balaban J connectivity index is 2.08. The molecule has 2 rings (SSSR count). The van der Waals surface area contributed by atoms with Crippen LogP contribution in [-0.2, 0) is 21.2 Å². The molecule has 162 valence electrons. The molecule has 0 fully saturated rings. The number of carbonyl (C=O) groups excluding carboxylic acids is 2. The number of nitrogens with one attached hydrogen (secondary N) is 1. The zero-order valence-corrected chi connectivity index (χ0v) is 18.6. The summed E-state index contributed by atoms with van der Waals surface area (Å²) in [5, 5.41) is 2.78. The number of anilines is 1. The lowest BCUT2D eigenvalue weighted by Gasteiger charge is -2.14. The summed E-state index contributed by atoms with van der Waals surface area (Å²) in [6.07, 6.45) is 0.448. The molecule has 0 saturated heterocycles. The van der Waals surface area contributed by atoms with Crippen molar-refractivity contribution >= 4 is 27.5 Å². The molecule has 0 atom stereocenters. The van der Waals surface area contributed by atoms with Crippen molar-refractivity contribution in [2.75, 3.05) is 40.6 Å². The summed E-state index contributed by atoms with van der Waals surface area (Å²) in [6, 6.07) is 11.2. The standard InChI is InChI=1S/C21H27N3O5S/c1-23(2)21(26)15-6-9-17(10-7-15)22-20(25)13-8-16-14-18(11-12-19(16)29-5)30(27,28)24(3)4/h6-7,9-12,14H,8,13H2,1-5H3,(H,22,25). The van der Waals surface area contributed by atoms with Crippen LogP contribution < -0.4 is 10.1 Å². The molecule has 0 aromatic heterocycles.